The SMILES string of the molecule is CCC(CCO)(CCCC(C)(C)C)C(=O)O. The predicted molar refractivity (Wildman–Crippen MR) is 65.4 cm³/mol. The lowest BCUT2D eigenvalue weighted by molar-refractivity contribution is -0.151. The summed E-state index contributed by atoms with van der Waals surface area (Å²) in [5.74, 6) is -0.766. The van der Waals surface area contributed by atoms with Crippen LogP contribution >= 0.6 is 0 Å². The number of aliphatic hydroxyl groups is 1. The van der Waals surface area contributed by atoms with Crippen molar-refractivity contribution in [3.8, 4) is 0 Å². The lowest BCUT2D eigenvalue weighted by Gasteiger charge is -2.29. The van der Waals surface area contributed by atoms with Crippen molar-refractivity contribution in [3.63, 3.8) is 0 Å². The monoisotopic (exact) mass is 230 g/mol. The molecule has 0 aliphatic carbocycles. The standard InChI is InChI=1S/C13H26O3/c1-5-13(9-10-14,11(15)16)8-6-7-12(2,3)4/h14H,5-10H2,1-4H3,(H,15,16). The zero-order chi connectivity index (χ0) is 12.8. The van der Waals surface area contributed by atoms with Gasteiger partial charge in [0.1, 0.15) is 0 Å². The molecule has 1 unspecified atom stereocenters. The summed E-state index contributed by atoms with van der Waals surface area (Å²) < 4.78 is 0. The third-order valence-electron chi connectivity index (χ3n) is 3.30. The van der Waals surface area contributed by atoms with Gasteiger partial charge in [0.25, 0.3) is 0 Å². The van der Waals surface area contributed by atoms with Crippen LogP contribution in [-0.4, -0.2) is 22.8 Å². The first-order valence-corrected chi connectivity index (χ1v) is 6.12. The van der Waals surface area contributed by atoms with Crippen LogP contribution in [0.3, 0.4) is 0 Å². The Morgan fingerprint density at radius 3 is 2.00 bits per heavy atom. The van der Waals surface area contributed by atoms with Crippen LogP contribution in [0.5, 0.6) is 0 Å². The van der Waals surface area contributed by atoms with E-state index in [1.807, 2.05) is 6.92 Å². The Morgan fingerprint density at radius 2 is 1.69 bits per heavy atom. The largest absolute Gasteiger partial charge is 0.481 e. The molecule has 0 heterocycles. The molecule has 0 aromatic heterocycles. The van der Waals surface area contributed by atoms with Gasteiger partial charge in [-0.1, -0.05) is 34.1 Å². The van der Waals surface area contributed by atoms with Crippen molar-refractivity contribution in [3.05, 3.63) is 0 Å². The molecule has 0 aromatic carbocycles. The molecule has 0 saturated carbocycles. The Balaban J connectivity index is 4.38. The van der Waals surface area contributed by atoms with E-state index in [-0.39, 0.29) is 12.0 Å². The maximum absolute atomic E-state index is 11.3. The second kappa shape index (κ2) is 6.24. The lowest BCUT2D eigenvalue weighted by Crippen LogP contribution is -2.31. The average Bonchev–Trinajstić information content (AvgIpc) is 2.14. The summed E-state index contributed by atoms with van der Waals surface area (Å²) >= 11 is 0. The van der Waals surface area contributed by atoms with Crippen molar-refractivity contribution in [2.75, 3.05) is 6.61 Å². The number of carbonyl (C=O) groups is 1. The molecule has 0 aliphatic rings. The number of hydrogen-bond donors (Lipinski definition) is 2. The quantitative estimate of drug-likeness (QED) is 0.706. The van der Waals surface area contributed by atoms with Crippen LogP contribution < -0.4 is 0 Å². The number of carboxylic acids is 1. The molecule has 0 radical (unpaired) electrons. The highest BCUT2D eigenvalue weighted by molar-refractivity contribution is 5.74. The molecule has 1 atom stereocenters. The first kappa shape index (κ1) is 15.4. The molecular formula is C13H26O3. The highest BCUT2D eigenvalue weighted by Gasteiger charge is 2.35. The van der Waals surface area contributed by atoms with E-state index in [9.17, 15) is 9.90 Å². The van der Waals surface area contributed by atoms with Gasteiger partial charge in [-0.2, -0.15) is 0 Å². The van der Waals surface area contributed by atoms with Crippen molar-refractivity contribution in [2.24, 2.45) is 10.8 Å². The van der Waals surface area contributed by atoms with E-state index >= 15 is 0 Å². The molecule has 0 aliphatic heterocycles. The van der Waals surface area contributed by atoms with E-state index in [4.69, 9.17) is 5.11 Å². The van der Waals surface area contributed by atoms with Gasteiger partial charge in [-0.3, -0.25) is 4.79 Å². The molecule has 0 aromatic rings. The predicted octanol–water partition coefficient (Wildman–Crippen LogP) is 3.07. The zero-order valence-corrected chi connectivity index (χ0v) is 11.0. The summed E-state index contributed by atoms with van der Waals surface area (Å²) in [7, 11) is 0. The maximum Gasteiger partial charge on any atom is 0.309 e. The van der Waals surface area contributed by atoms with Crippen LogP contribution in [0.4, 0.5) is 0 Å². The Bertz CT molecular complexity index is 218. The third kappa shape index (κ3) is 4.97. The van der Waals surface area contributed by atoms with E-state index in [1.165, 1.54) is 0 Å². The van der Waals surface area contributed by atoms with Crippen molar-refractivity contribution >= 4 is 5.97 Å². The molecule has 0 bridgehead atoms. The van der Waals surface area contributed by atoms with E-state index < -0.39 is 11.4 Å². The fourth-order valence-electron chi connectivity index (χ4n) is 2.01. The minimum atomic E-state index is -0.766. The van der Waals surface area contributed by atoms with E-state index in [2.05, 4.69) is 20.8 Å². The molecule has 2 N–H and O–H groups in total. The van der Waals surface area contributed by atoms with Gasteiger partial charge in [0.05, 0.1) is 5.41 Å². The molecular weight excluding hydrogens is 204 g/mol. The van der Waals surface area contributed by atoms with Crippen molar-refractivity contribution in [1.29, 1.82) is 0 Å². The van der Waals surface area contributed by atoms with Crippen molar-refractivity contribution < 1.29 is 15.0 Å². The Morgan fingerprint density at radius 1 is 1.12 bits per heavy atom. The normalized spacial score (nSPS) is 15.8. The van der Waals surface area contributed by atoms with Gasteiger partial charge in [0.2, 0.25) is 0 Å². The summed E-state index contributed by atoms with van der Waals surface area (Å²) in [4.78, 5) is 11.3. The summed E-state index contributed by atoms with van der Waals surface area (Å²) in [6.45, 7) is 8.32. The van der Waals surface area contributed by atoms with Gasteiger partial charge in [-0.15, -0.1) is 0 Å². The lowest BCUT2D eigenvalue weighted by atomic mass is 9.76. The highest BCUT2D eigenvalue weighted by Crippen LogP contribution is 2.35. The average molecular weight is 230 g/mol. The number of aliphatic hydroxyl groups excluding tert-OH is 1. The number of rotatable bonds is 7. The topological polar surface area (TPSA) is 57.5 Å². The minimum absolute atomic E-state index is 0.0460. The smallest absolute Gasteiger partial charge is 0.309 e. The number of hydrogen-bond acceptors (Lipinski definition) is 2. The number of aliphatic carboxylic acids is 1. The molecule has 16 heavy (non-hydrogen) atoms. The minimum Gasteiger partial charge on any atom is -0.481 e. The van der Waals surface area contributed by atoms with Crippen LogP contribution in [0.15, 0.2) is 0 Å². The van der Waals surface area contributed by atoms with Crippen LogP contribution in [0.1, 0.15) is 59.8 Å². The van der Waals surface area contributed by atoms with Gasteiger partial charge in [0.15, 0.2) is 0 Å². The molecule has 0 spiro atoms. The summed E-state index contributed by atoms with van der Waals surface area (Å²) in [6.07, 6.45) is 3.55. The van der Waals surface area contributed by atoms with Crippen molar-refractivity contribution in [2.45, 2.75) is 59.8 Å². The van der Waals surface area contributed by atoms with Gasteiger partial charge in [-0.05, 0) is 31.1 Å². The van der Waals surface area contributed by atoms with Crippen LogP contribution in [0.25, 0.3) is 0 Å². The Hall–Kier alpha value is -0.570. The van der Waals surface area contributed by atoms with E-state index in [1.54, 1.807) is 0 Å². The van der Waals surface area contributed by atoms with Gasteiger partial charge >= 0.3 is 5.97 Å². The molecule has 0 fully saturated rings. The first-order chi connectivity index (χ1) is 7.27. The summed E-state index contributed by atoms with van der Waals surface area (Å²) in [5.41, 5.74) is -0.475. The Kier molecular flexibility index (Phi) is 6.01. The fourth-order valence-corrected chi connectivity index (χ4v) is 2.01. The van der Waals surface area contributed by atoms with Gasteiger partial charge in [-0.25, -0.2) is 0 Å². The maximum atomic E-state index is 11.3. The molecule has 0 rings (SSSR count). The molecule has 96 valence electrons. The van der Waals surface area contributed by atoms with Crippen LogP contribution in [0, 0.1) is 10.8 Å². The second-order valence-electron chi connectivity index (χ2n) is 5.83. The van der Waals surface area contributed by atoms with Crippen molar-refractivity contribution in [1.82, 2.24) is 0 Å². The fraction of sp³-hybridized carbons (Fsp3) is 0.923. The highest BCUT2D eigenvalue weighted by atomic mass is 16.4. The van der Waals surface area contributed by atoms with Gasteiger partial charge < -0.3 is 10.2 Å². The molecule has 3 heteroatoms. The molecule has 0 saturated heterocycles. The Labute approximate surface area is 98.9 Å². The summed E-state index contributed by atoms with van der Waals surface area (Å²) in [6, 6.07) is 0. The van der Waals surface area contributed by atoms with Gasteiger partial charge in [0, 0.05) is 6.61 Å². The summed E-state index contributed by atoms with van der Waals surface area (Å²) in [5, 5.41) is 18.3. The second-order valence-corrected chi connectivity index (χ2v) is 5.83. The van der Waals surface area contributed by atoms with E-state index in [0.29, 0.717) is 19.3 Å². The first-order valence-electron chi connectivity index (χ1n) is 6.12. The van der Waals surface area contributed by atoms with Crippen LogP contribution in [-0.2, 0) is 4.79 Å². The number of carboxylic acid groups (broad SMARTS) is 1. The molecule has 0 amide bonds. The molecule has 3 nitrogen and oxygen atoms in total. The third-order valence-corrected chi connectivity index (χ3v) is 3.30. The van der Waals surface area contributed by atoms with E-state index in [0.717, 1.165) is 12.8 Å². The zero-order valence-electron chi connectivity index (χ0n) is 11.0. The van der Waals surface area contributed by atoms with Crippen LogP contribution in [0.2, 0.25) is 0 Å².